The van der Waals surface area contributed by atoms with Crippen LogP contribution in [-0.2, 0) is 11.3 Å². The Labute approximate surface area is 140 Å². The maximum atomic E-state index is 8.97. The Balaban J connectivity index is -0.000000405. The highest BCUT2D eigenvalue weighted by Crippen LogP contribution is 2.11. The summed E-state index contributed by atoms with van der Waals surface area (Å²) in [6, 6.07) is 7.67. The highest BCUT2D eigenvalue weighted by atomic mass is 32.1. The number of rotatable bonds is 6. The van der Waals surface area contributed by atoms with E-state index in [1.54, 1.807) is 14.0 Å². The van der Waals surface area contributed by atoms with Gasteiger partial charge in [0, 0.05) is 0 Å². The molecule has 0 aromatic heterocycles. The molecule has 0 radical (unpaired) electrons. The zero-order valence-corrected chi connectivity index (χ0v) is 14.7. The van der Waals surface area contributed by atoms with Crippen molar-refractivity contribution in [2.45, 2.75) is 32.7 Å². The van der Waals surface area contributed by atoms with Crippen LogP contribution >= 0.6 is 27.0 Å². The van der Waals surface area contributed by atoms with E-state index in [1.165, 1.54) is 6.92 Å². The fraction of sp³-hybridized carbons (Fsp3) is 0.571. The number of hydrogen-bond donors (Lipinski definition) is 3. The van der Waals surface area contributed by atoms with E-state index in [0.717, 1.165) is 11.3 Å². The first-order valence-corrected chi connectivity index (χ1v) is 6.17. The molecule has 0 unspecified atom stereocenters. The molecule has 126 valence electrons. The number of aliphatic hydroxyl groups excluding tert-OH is 3. The monoisotopic (exact) mass is 340 g/mol. The number of aliphatic hydroxyl groups is 3. The topological polar surface area (TPSA) is 79.2 Å². The highest BCUT2D eigenvalue weighted by molar-refractivity contribution is 7.59. The van der Waals surface area contributed by atoms with E-state index < -0.39 is 12.2 Å². The summed E-state index contributed by atoms with van der Waals surface area (Å²) in [4.78, 5) is 0. The van der Waals surface area contributed by atoms with Gasteiger partial charge >= 0.3 is 0 Å². The van der Waals surface area contributed by atoms with E-state index >= 15 is 0 Å². The van der Waals surface area contributed by atoms with Crippen molar-refractivity contribution in [1.29, 1.82) is 0 Å². The van der Waals surface area contributed by atoms with E-state index in [9.17, 15) is 0 Å². The number of benzene rings is 1. The van der Waals surface area contributed by atoms with Gasteiger partial charge in [-0.3, -0.25) is 0 Å². The summed E-state index contributed by atoms with van der Waals surface area (Å²) < 4.78 is 10.3. The van der Waals surface area contributed by atoms with Gasteiger partial charge in [-0.1, -0.05) is 12.1 Å². The molecule has 0 saturated heterocycles. The first-order valence-electron chi connectivity index (χ1n) is 6.17. The standard InChI is InChI=1S/C11H16O3.C3H8O2.2H2S/c1-9(12)7-14-8-10-3-5-11(13-2)6-4-10;1-3(5)2-4;;/h3-6,9,12H,7-8H2,1-2H3;3-5H,2H2,1H3;2*1H2/t9-;3-;;/m00../s1. The molecule has 0 saturated carbocycles. The second-order valence-electron chi connectivity index (χ2n) is 4.24. The third kappa shape index (κ3) is 15.8. The third-order valence-electron chi connectivity index (χ3n) is 2.05. The largest absolute Gasteiger partial charge is 0.497 e. The fourth-order valence-electron chi connectivity index (χ4n) is 1.07. The maximum Gasteiger partial charge on any atom is 0.118 e. The molecule has 0 amide bonds. The molecular weight excluding hydrogens is 312 g/mol. The van der Waals surface area contributed by atoms with Crippen molar-refractivity contribution in [3.63, 3.8) is 0 Å². The lowest BCUT2D eigenvalue weighted by atomic mass is 10.2. The molecule has 0 aliphatic rings. The summed E-state index contributed by atoms with van der Waals surface area (Å²) >= 11 is 0. The van der Waals surface area contributed by atoms with Gasteiger partial charge in [0.15, 0.2) is 0 Å². The van der Waals surface area contributed by atoms with Crippen LogP contribution in [-0.4, -0.2) is 47.9 Å². The summed E-state index contributed by atoms with van der Waals surface area (Å²) in [5.41, 5.74) is 1.08. The number of ether oxygens (including phenoxy) is 2. The minimum Gasteiger partial charge on any atom is -0.497 e. The Morgan fingerprint density at radius 3 is 1.81 bits per heavy atom. The molecule has 0 aliphatic carbocycles. The average molecular weight is 341 g/mol. The molecule has 1 rings (SSSR count). The van der Waals surface area contributed by atoms with Crippen molar-refractivity contribution in [1.82, 2.24) is 0 Å². The van der Waals surface area contributed by atoms with Gasteiger partial charge < -0.3 is 24.8 Å². The Hall–Kier alpha value is -0.440. The van der Waals surface area contributed by atoms with E-state index in [4.69, 9.17) is 24.8 Å². The first-order chi connectivity index (χ1) is 8.99. The summed E-state index contributed by atoms with van der Waals surface area (Å²) in [7, 11) is 1.64. The molecule has 5 nitrogen and oxygen atoms in total. The van der Waals surface area contributed by atoms with Crippen LogP contribution < -0.4 is 4.74 Å². The van der Waals surface area contributed by atoms with Crippen LogP contribution in [0.5, 0.6) is 5.75 Å². The predicted octanol–water partition coefficient (Wildman–Crippen LogP) is 1.18. The van der Waals surface area contributed by atoms with Gasteiger partial charge in [-0.15, -0.1) is 0 Å². The molecule has 0 bridgehead atoms. The molecule has 2 atom stereocenters. The molecule has 0 heterocycles. The Bertz CT molecular complexity index is 318. The Morgan fingerprint density at radius 1 is 1.00 bits per heavy atom. The summed E-state index contributed by atoms with van der Waals surface area (Å²) in [6.45, 7) is 3.98. The molecule has 0 aliphatic heterocycles. The molecule has 3 N–H and O–H groups in total. The van der Waals surface area contributed by atoms with Gasteiger partial charge in [-0.05, 0) is 31.5 Å². The molecular formula is C14H28O5S2. The Kier molecular flexibility index (Phi) is 19.4. The van der Waals surface area contributed by atoms with Gasteiger partial charge in [0.2, 0.25) is 0 Å². The van der Waals surface area contributed by atoms with Crippen LogP contribution in [0.25, 0.3) is 0 Å². The maximum absolute atomic E-state index is 8.97. The van der Waals surface area contributed by atoms with Crippen molar-refractivity contribution in [2.24, 2.45) is 0 Å². The first kappa shape index (κ1) is 25.5. The van der Waals surface area contributed by atoms with E-state index in [2.05, 4.69) is 0 Å². The second kappa shape index (κ2) is 15.9. The van der Waals surface area contributed by atoms with Crippen molar-refractivity contribution < 1.29 is 24.8 Å². The Morgan fingerprint density at radius 2 is 1.48 bits per heavy atom. The zero-order chi connectivity index (χ0) is 14.7. The SMILES string of the molecule is COc1ccc(COC[C@H](C)O)cc1.C[C@H](O)CO.S.S. The molecule has 0 fully saturated rings. The van der Waals surface area contributed by atoms with Crippen molar-refractivity contribution in [3.8, 4) is 5.75 Å². The second-order valence-corrected chi connectivity index (χ2v) is 4.24. The van der Waals surface area contributed by atoms with Crippen LogP contribution in [0.1, 0.15) is 19.4 Å². The molecule has 0 spiro atoms. The molecule has 1 aromatic carbocycles. The van der Waals surface area contributed by atoms with Crippen LogP contribution in [0.3, 0.4) is 0 Å². The number of methoxy groups -OCH3 is 1. The third-order valence-corrected chi connectivity index (χ3v) is 2.05. The van der Waals surface area contributed by atoms with Gasteiger partial charge in [0.1, 0.15) is 5.75 Å². The van der Waals surface area contributed by atoms with E-state index in [0.29, 0.717) is 13.2 Å². The van der Waals surface area contributed by atoms with Crippen molar-refractivity contribution in [3.05, 3.63) is 29.8 Å². The van der Waals surface area contributed by atoms with Crippen LogP contribution in [0.4, 0.5) is 0 Å². The van der Waals surface area contributed by atoms with Crippen LogP contribution in [0.2, 0.25) is 0 Å². The van der Waals surface area contributed by atoms with Gasteiger partial charge in [0.25, 0.3) is 0 Å². The predicted molar refractivity (Wildman–Crippen MR) is 93.9 cm³/mol. The summed E-state index contributed by atoms with van der Waals surface area (Å²) in [5.74, 6) is 0.837. The minimum atomic E-state index is -0.560. The van der Waals surface area contributed by atoms with Crippen molar-refractivity contribution in [2.75, 3.05) is 20.3 Å². The van der Waals surface area contributed by atoms with Gasteiger partial charge in [0.05, 0.1) is 39.1 Å². The lowest BCUT2D eigenvalue weighted by molar-refractivity contribution is 0.0376. The molecule has 1 aromatic rings. The normalized spacial score (nSPS) is 11.9. The quantitative estimate of drug-likeness (QED) is 0.725. The van der Waals surface area contributed by atoms with Gasteiger partial charge in [-0.25, -0.2) is 0 Å². The van der Waals surface area contributed by atoms with Crippen LogP contribution in [0, 0.1) is 0 Å². The average Bonchev–Trinajstić information content (AvgIpc) is 2.40. The fourth-order valence-corrected chi connectivity index (χ4v) is 1.07. The highest BCUT2D eigenvalue weighted by Gasteiger charge is 1.97. The summed E-state index contributed by atoms with van der Waals surface area (Å²) in [5, 5.41) is 25.0. The summed E-state index contributed by atoms with van der Waals surface area (Å²) in [6.07, 6.45) is -0.969. The van der Waals surface area contributed by atoms with Crippen molar-refractivity contribution >= 4 is 27.0 Å². The van der Waals surface area contributed by atoms with E-state index in [-0.39, 0.29) is 33.6 Å². The minimum absolute atomic E-state index is 0. The lowest BCUT2D eigenvalue weighted by Crippen LogP contribution is -2.09. The molecule has 7 heteroatoms. The number of hydrogen-bond acceptors (Lipinski definition) is 5. The smallest absolute Gasteiger partial charge is 0.118 e. The van der Waals surface area contributed by atoms with E-state index in [1.807, 2.05) is 24.3 Å². The van der Waals surface area contributed by atoms with Crippen LogP contribution in [0.15, 0.2) is 24.3 Å². The zero-order valence-electron chi connectivity index (χ0n) is 12.7. The molecule has 21 heavy (non-hydrogen) atoms. The van der Waals surface area contributed by atoms with Gasteiger partial charge in [-0.2, -0.15) is 27.0 Å². The lowest BCUT2D eigenvalue weighted by Gasteiger charge is -2.06.